The highest BCUT2D eigenvalue weighted by Crippen LogP contribution is 2.25. The maximum atomic E-state index is 5.89. The first-order valence-electron chi connectivity index (χ1n) is 6.07. The molecule has 3 heteroatoms. The summed E-state index contributed by atoms with van der Waals surface area (Å²) in [5.41, 5.74) is 8.44. The quantitative estimate of drug-likeness (QED) is 0.880. The van der Waals surface area contributed by atoms with Crippen molar-refractivity contribution in [3.8, 4) is 5.75 Å². The van der Waals surface area contributed by atoms with E-state index in [0.717, 1.165) is 18.7 Å². The summed E-state index contributed by atoms with van der Waals surface area (Å²) in [7, 11) is 1.70. The van der Waals surface area contributed by atoms with Crippen molar-refractivity contribution < 1.29 is 4.74 Å². The van der Waals surface area contributed by atoms with Gasteiger partial charge in [0.05, 0.1) is 7.11 Å². The number of aryl methyl sites for hydroxylation is 1. The molecule has 0 radical (unpaired) electrons. The van der Waals surface area contributed by atoms with Crippen LogP contribution in [0.4, 0.5) is 0 Å². The van der Waals surface area contributed by atoms with Gasteiger partial charge in [-0.1, -0.05) is 0 Å². The summed E-state index contributed by atoms with van der Waals surface area (Å²) in [6, 6.07) is 8.59. The van der Waals surface area contributed by atoms with Crippen molar-refractivity contribution in [2.24, 2.45) is 5.73 Å². The Morgan fingerprint density at radius 2 is 2.12 bits per heavy atom. The average Bonchev–Trinajstić information content (AvgIpc) is 2.63. The van der Waals surface area contributed by atoms with Crippen molar-refractivity contribution in [3.05, 3.63) is 30.0 Å². The van der Waals surface area contributed by atoms with Crippen LogP contribution in [0.3, 0.4) is 0 Å². The maximum absolute atomic E-state index is 5.89. The smallest absolute Gasteiger partial charge is 0.119 e. The summed E-state index contributed by atoms with van der Waals surface area (Å²) < 4.78 is 7.57. The van der Waals surface area contributed by atoms with Gasteiger partial charge < -0.3 is 15.0 Å². The number of nitrogens with two attached hydrogens (primary N) is 1. The predicted molar refractivity (Wildman–Crippen MR) is 71.5 cm³/mol. The van der Waals surface area contributed by atoms with Gasteiger partial charge in [-0.15, -0.1) is 0 Å². The van der Waals surface area contributed by atoms with Crippen LogP contribution in [0.1, 0.15) is 19.5 Å². The summed E-state index contributed by atoms with van der Waals surface area (Å²) in [6.07, 6.45) is 0.908. The van der Waals surface area contributed by atoms with E-state index in [9.17, 15) is 0 Å². The van der Waals surface area contributed by atoms with Gasteiger partial charge in [0.25, 0.3) is 0 Å². The predicted octanol–water partition coefficient (Wildman–Crippen LogP) is 2.56. The lowest BCUT2D eigenvalue weighted by Crippen LogP contribution is -2.19. The van der Waals surface area contributed by atoms with E-state index >= 15 is 0 Å². The highest BCUT2D eigenvalue weighted by Gasteiger charge is 2.09. The molecule has 0 fully saturated rings. The number of fused-ring (bicyclic) bond motifs is 1. The van der Waals surface area contributed by atoms with E-state index in [4.69, 9.17) is 10.5 Å². The molecule has 1 atom stereocenters. The van der Waals surface area contributed by atoms with Crippen LogP contribution >= 0.6 is 0 Å². The summed E-state index contributed by atoms with van der Waals surface area (Å²) in [5.74, 6) is 0.901. The van der Waals surface area contributed by atoms with Crippen molar-refractivity contribution >= 4 is 10.9 Å². The molecule has 92 valence electrons. The van der Waals surface area contributed by atoms with Crippen LogP contribution in [0.25, 0.3) is 10.9 Å². The van der Waals surface area contributed by atoms with E-state index in [2.05, 4.69) is 29.7 Å². The molecular weight excluding hydrogens is 212 g/mol. The number of methoxy groups -OCH3 is 1. The molecule has 0 aliphatic rings. The lowest BCUT2D eigenvalue weighted by Gasteiger charge is -2.09. The monoisotopic (exact) mass is 232 g/mol. The van der Waals surface area contributed by atoms with Gasteiger partial charge >= 0.3 is 0 Å². The Bertz CT molecular complexity index is 514. The minimum atomic E-state index is 0.187. The van der Waals surface area contributed by atoms with E-state index in [0.29, 0.717) is 0 Å². The molecule has 0 amide bonds. The molecule has 0 saturated heterocycles. The number of aromatic nitrogens is 1. The van der Waals surface area contributed by atoms with Crippen molar-refractivity contribution in [3.63, 3.8) is 0 Å². The van der Waals surface area contributed by atoms with Gasteiger partial charge in [0.1, 0.15) is 5.75 Å². The Morgan fingerprint density at radius 1 is 1.35 bits per heavy atom. The second-order valence-electron chi connectivity index (χ2n) is 4.49. The van der Waals surface area contributed by atoms with Crippen LogP contribution in [-0.2, 0) is 13.0 Å². The number of nitrogens with zero attached hydrogens (tertiary/aromatic N) is 1. The molecule has 2 rings (SSSR count). The third kappa shape index (κ3) is 2.29. The van der Waals surface area contributed by atoms with E-state index in [1.807, 2.05) is 13.0 Å². The van der Waals surface area contributed by atoms with Crippen LogP contribution in [0.15, 0.2) is 24.3 Å². The normalized spacial score (nSPS) is 12.9. The number of ether oxygens (including phenoxy) is 1. The third-order valence-corrected chi connectivity index (χ3v) is 3.04. The van der Waals surface area contributed by atoms with Gasteiger partial charge in [0.2, 0.25) is 0 Å². The van der Waals surface area contributed by atoms with Gasteiger partial charge in [0.15, 0.2) is 0 Å². The molecule has 0 aliphatic heterocycles. The SMILES string of the molecule is CCn1c(CC(C)N)cc2cc(OC)ccc21. The minimum Gasteiger partial charge on any atom is -0.497 e. The first-order chi connectivity index (χ1) is 8.15. The fourth-order valence-electron chi connectivity index (χ4n) is 2.31. The molecule has 2 N–H and O–H groups in total. The molecule has 0 spiro atoms. The van der Waals surface area contributed by atoms with Crippen LogP contribution in [0.2, 0.25) is 0 Å². The molecule has 2 aromatic rings. The Balaban J connectivity index is 2.53. The molecule has 17 heavy (non-hydrogen) atoms. The van der Waals surface area contributed by atoms with E-state index in [1.54, 1.807) is 7.11 Å². The van der Waals surface area contributed by atoms with Crippen molar-refractivity contribution in [2.75, 3.05) is 7.11 Å². The molecule has 1 unspecified atom stereocenters. The molecular formula is C14H20N2O. The van der Waals surface area contributed by atoms with Crippen molar-refractivity contribution in [1.29, 1.82) is 0 Å². The highest BCUT2D eigenvalue weighted by atomic mass is 16.5. The van der Waals surface area contributed by atoms with E-state index in [-0.39, 0.29) is 6.04 Å². The fraction of sp³-hybridized carbons (Fsp3) is 0.429. The van der Waals surface area contributed by atoms with Gasteiger partial charge in [-0.05, 0) is 38.1 Å². The maximum Gasteiger partial charge on any atom is 0.119 e. The Kier molecular flexibility index (Phi) is 3.38. The first-order valence-corrected chi connectivity index (χ1v) is 6.07. The second-order valence-corrected chi connectivity index (χ2v) is 4.49. The molecule has 1 aromatic heterocycles. The first kappa shape index (κ1) is 12.0. The fourth-order valence-corrected chi connectivity index (χ4v) is 2.31. The Hall–Kier alpha value is -1.48. The highest BCUT2D eigenvalue weighted by molar-refractivity contribution is 5.83. The lowest BCUT2D eigenvalue weighted by molar-refractivity contribution is 0.415. The van der Waals surface area contributed by atoms with E-state index < -0.39 is 0 Å². The molecule has 0 aliphatic carbocycles. The van der Waals surface area contributed by atoms with Gasteiger partial charge in [-0.2, -0.15) is 0 Å². The molecule has 1 aromatic carbocycles. The van der Waals surface area contributed by atoms with Crippen molar-refractivity contribution in [1.82, 2.24) is 4.57 Å². The zero-order chi connectivity index (χ0) is 12.4. The number of hydrogen-bond acceptors (Lipinski definition) is 2. The number of rotatable bonds is 4. The molecule has 3 nitrogen and oxygen atoms in total. The third-order valence-electron chi connectivity index (χ3n) is 3.04. The minimum absolute atomic E-state index is 0.187. The Morgan fingerprint density at radius 3 is 2.71 bits per heavy atom. The van der Waals surface area contributed by atoms with E-state index in [1.165, 1.54) is 16.6 Å². The van der Waals surface area contributed by atoms with Crippen LogP contribution in [-0.4, -0.2) is 17.7 Å². The zero-order valence-corrected chi connectivity index (χ0v) is 10.7. The lowest BCUT2D eigenvalue weighted by atomic mass is 10.2. The summed E-state index contributed by atoms with van der Waals surface area (Å²) >= 11 is 0. The topological polar surface area (TPSA) is 40.2 Å². The van der Waals surface area contributed by atoms with Crippen molar-refractivity contribution in [2.45, 2.75) is 32.9 Å². The van der Waals surface area contributed by atoms with Gasteiger partial charge in [-0.3, -0.25) is 0 Å². The number of hydrogen-bond donors (Lipinski definition) is 1. The van der Waals surface area contributed by atoms with Gasteiger partial charge in [-0.25, -0.2) is 0 Å². The molecule has 0 saturated carbocycles. The van der Waals surface area contributed by atoms with Crippen LogP contribution < -0.4 is 10.5 Å². The summed E-state index contributed by atoms with van der Waals surface area (Å²) in [6.45, 7) is 5.17. The zero-order valence-electron chi connectivity index (χ0n) is 10.7. The van der Waals surface area contributed by atoms with Crippen LogP contribution in [0, 0.1) is 0 Å². The average molecular weight is 232 g/mol. The molecule has 1 heterocycles. The summed E-state index contributed by atoms with van der Waals surface area (Å²) in [4.78, 5) is 0. The summed E-state index contributed by atoms with van der Waals surface area (Å²) in [5, 5.41) is 1.22. The molecule has 0 bridgehead atoms. The second kappa shape index (κ2) is 4.80. The Labute approximate surface area is 102 Å². The van der Waals surface area contributed by atoms with Gasteiger partial charge in [0, 0.05) is 35.6 Å². The largest absolute Gasteiger partial charge is 0.497 e. The van der Waals surface area contributed by atoms with Crippen LogP contribution in [0.5, 0.6) is 5.75 Å². The standard InChI is InChI=1S/C14H20N2O/c1-4-16-12(7-10(2)15)8-11-9-13(17-3)5-6-14(11)16/h5-6,8-10H,4,7,15H2,1-3H3. The number of benzene rings is 1.